The van der Waals surface area contributed by atoms with E-state index in [0.29, 0.717) is 5.75 Å². The minimum atomic E-state index is -4.05. The lowest BCUT2D eigenvalue weighted by Crippen LogP contribution is -2.36. The fourth-order valence-corrected chi connectivity index (χ4v) is 3.41. The van der Waals surface area contributed by atoms with Crippen LogP contribution in [0.3, 0.4) is 0 Å². The maximum Gasteiger partial charge on any atom is 0.321 e. The van der Waals surface area contributed by atoms with Crippen LogP contribution < -0.4 is 14.8 Å². The number of nitrogens with one attached hydrogen (secondary N) is 2. The predicted molar refractivity (Wildman–Crippen MR) is 108 cm³/mol. The molecule has 0 aliphatic carbocycles. The average Bonchev–Trinajstić information content (AvgIpc) is 2.72. The summed E-state index contributed by atoms with van der Waals surface area (Å²) < 4.78 is 35.9. The Hall–Kier alpha value is -2.66. The van der Waals surface area contributed by atoms with Gasteiger partial charge in [0.15, 0.2) is 6.61 Å². The van der Waals surface area contributed by atoms with Gasteiger partial charge in [-0.25, -0.2) is 8.42 Å². The normalized spacial score (nSPS) is 10.9. The number of hydrogen-bond donors (Lipinski definition) is 2. The van der Waals surface area contributed by atoms with E-state index in [0.717, 1.165) is 6.07 Å². The van der Waals surface area contributed by atoms with Crippen LogP contribution in [-0.2, 0) is 24.3 Å². The van der Waals surface area contributed by atoms with Crippen molar-refractivity contribution < 1.29 is 32.3 Å². The Morgan fingerprint density at radius 1 is 1.00 bits per heavy atom. The summed E-state index contributed by atoms with van der Waals surface area (Å²) >= 11 is 11.5. The number of imide groups is 1. The fourth-order valence-electron chi connectivity index (χ4n) is 2.06. The van der Waals surface area contributed by atoms with Crippen LogP contribution in [0.2, 0.25) is 10.0 Å². The summed E-state index contributed by atoms with van der Waals surface area (Å²) in [6.07, 6.45) is 0. The molecule has 0 bridgehead atoms. The van der Waals surface area contributed by atoms with Crippen LogP contribution in [0.15, 0.2) is 47.4 Å². The molecule has 0 aliphatic heterocycles. The van der Waals surface area contributed by atoms with Crippen molar-refractivity contribution in [2.24, 2.45) is 0 Å². The first kappa shape index (κ1) is 23.6. The second kappa shape index (κ2) is 10.4. The molecular formula is C18H16Cl2N2O7S. The van der Waals surface area contributed by atoms with E-state index in [2.05, 4.69) is 4.74 Å². The molecule has 0 aliphatic rings. The van der Waals surface area contributed by atoms with Crippen LogP contribution in [0, 0.1) is 0 Å². The maximum atomic E-state index is 12.1. The number of hydrogen-bond acceptors (Lipinski definition) is 7. The summed E-state index contributed by atoms with van der Waals surface area (Å²) in [6, 6.07) is 9.60. The molecule has 2 N–H and O–H groups in total. The molecular weight excluding hydrogens is 459 g/mol. The highest BCUT2D eigenvalue weighted by atomic mass is 35.5. The standard InChI is InChI=1S/C18H16Cl2N2O7S/c1-28-12-4-2-11(3-5-12)18(25)22-16(23)10-29-17(24)9-21-30(26,27)13-6-7-14(19)15(20)8-13/h2-8,21H,9-10H2,1H3,(H,22,23,25). The van der Waals surface area contributed by atoms with Crippen molar-refractivity contribution in [3.8, 4) is 5.75 Å². The molecule has 0 saturated carbocycles. The molecule has 0 spiro atoms. The molecule has 0 radical (unpaired) electrons. The molecule has 0 aromatic heterocycles. The Bertz CT molecular complexity index is 1060. The second-order valence-corrected chi connectivity index (χ2v) is 8.25. The number of carbonyl (C=O) groups is 3. The first-order valence-electron chi connectivity index (χ1n) is 8.21. The molecule has 0 saturated heterocycles. The van der Waals surface area contributed by atoms with E-state index < -0.39 is 41.0 Å². The number of sulfonamides is 1. The van der Waals surface area contributed by atoms with Crippen LogP contribution in [0.5, 0.6) is 5.75 Å². The first-order valence-corrected chi connectivity index (χ1v) is 10.4. The van der Waals surface area contributed by atoms with Crippen molar-refractivity contribution >= 4 is 51.0 Å². The molecule has 12 heteroatoms. The van der Waals surface area contributed by atoms with Gasteiger partial charge >= 0.3 is 5.97 Å². The Labute approximate surface area is 182 Å². The minimum absolute atomic E-state index is 0.0281. The third-order valence-corrected chi connectivity index (χ3v) is 5.72. The van der Waals surface area contributed by atoms with Gasteiger partial charge in [0.25, 0.3) is 11.8 Å². The monoisotopic (exact) mass is 474 g/mol. The van der Waals surface area contributed by atoms with E-state index in [-0.39, 0.29) is 20.5 Å². The van der Waals surface area contributed by atoms with Crippen LogP contribution >= 0.6 is 23.2 Å². The molecule has 2 aromatic carbocycles. The molecule has 0 unspecified atom stereocenters. The van der Waals surface area contributed by atoms with Crippen LogP contribution in [-0.4, -0.2) is 46.5 Å². The SMILES string of the molecule is COc1ccc(C(=O)NC(=O)COC(=O)CNS(=O)(=O)c2ccc(Cl)c(Cl)c2)cc1. The Balaban J connectivity index is 1.81. The van der Waals surface area contributed by atoms with Gasteiger partial charge in [0.05, 0.1) is 22.1 Å². The summed E-state index contributed by atoms with van der Waals surface area (Å²) in [4.78, 5) is 35.2. The van der Waals surface area contributed by atoms with Gasteiger partial charge in [-0.3, -0.25) is 19.7 Å². The van der Waals surface area contributed by atoms with Crippen LogP contribution in [0.1, 0.15) is 10.4 Å². The van der Waals surface area contributed by atoms with Crippen molar-refractivity contribution in [1.29, 1.82) is 0 Å². The summed E-state index contributed by atoms with van der Waals surface area (Å²) in [5.41, 5.74) is 0.199. The predicted octanol–water partition coefficient (Wildman–Crippen LogP) is 1.78. The Kier molecular flexibility index (Phi) is 8.18. The van der Waals surface area contributed by atoms with Gasteiger partial charge in [0.1, 0.15) is 12.3 Å². The summed E-state index contributed by atoms with van der Waals surface area (Å²) in [5.74, 6) is -2.06. The molecule has 0 atom stereocenters. The highest BCUT2D eigenvalue weighted by Gasteiger charge is 2.18. The van der Waals surface area contributed by atoms with E-state index in [1.807, 2.05) is 10.0 Å². The van der Waals surface area contributed by atoms with Crippen LogP contribution in [0.4, 0.5) is 0 Å². The number of halogens is 2. The minimum Gasteiger partial charge on any atom is -0.497 e. The lowest BCUT2D eigenvalue weighted by molar-refractivity contribution is -0.147. The van der Waals surface area contributed by atoms with Crippen molar-refractivity contribution in [1.82, 2.24) is 10.0 Å². The number of amides is 2. The number of esters is 1. The summed E-state index contributed by atoms with van der Waals surface area (Å²) in [6.45, 7) is -1.50. The first-order chi connectivity index (χ1) is 14.1. The Morgan fingerprint density at radius 3 is 2.27 bits per heavy atom. The molecule has 30 heavy (non-hydrogen) atoms. The van der Waals surface area contributed by atoms with Crippen molar-refractivity contribution in [3.63, 3.8) is 0 Å². The third kappa shape index (κ3) is 6.70. The highest BCUT2D eigenvalue weighted by Crippen LogP contribution is 2.24. The Morgan fingerprint density at radius 2 is 1.67 bits per heavy atom. The summed E-state index contributed by atoms with van der Waals surface area (Å²) in [7, 11) is -2.58. The smallest absolute Gasteiger partial charge is 0.321 e. The van der Waals surface area contributed by atoms with Crippen molar-refractivity contribution in [2.75, 3.05) is 20.3 Å². The lowest BCUT2D eigenvalue weighted by atomic mass is 10.2. The quantitative estimate of drug-likeness (QED) is 0.557. The lowest BCUT2D eigenvalue weighted by Gasteiger charge is -2.08. The molecule has 160 valence electrons. The molecule has 0 heterocycles. The topological polar surface area (TPSA) is 128 Å². The zero-order chi connectivity index (χ0) is 22.3. The number of rotatable bonds is 8. The highest BCUT2D eigenvalue weighted by molar-refractivity contribution is 7.89. The van der Waals surface area contributed by atoms with Crippen LogP contribution in [0.25, 0.3) is 0 Å². The largest absolute Gasteiger partial charge is 0.497 e. The summed E-state index contributed by atoms with van der Waals surface area (Å²) in [5, 5.41) is 2.24. The molecule has 2 aromatic rings. The van der Waals surface area contributed by atoms with Gasteiger partial charge in [0.2, 0.25) is 10.0 Å². The van der Waals surface area contributed by atoms with Gasteiger partial charge in [-0.2, -0.15) is 4.72 Å². The number of ether oxygens (including phenoxy) is 2. The zero-order valence-electron chi connectivity index (χ0n) is 15.5. The fraction of sp³-hybridized carbons (Fsp3) is 0.167. The van der Waals surface area contributed by atoms with Gasteiger partial charge in [-0.05, 0) is 42.5 Å². The average molecular weight is 475 g/mol. The second-order valence-electron chi connectivity index (χ2n) is 5.67. The third-order valence-electron chi connectivity index (χ3n) is 3.58. The van der Waals surface area contributed by atoms with Gasteiger partial charge in [-0.15, -0.1) is 0 Å². The van der Waals surface area contributed by atoms with E-state index >= 15 is 0 Å². The molecule has 2 amide bonds. The number of benzene rings is 2. The number of carbonyl (C=O) groups excluding carboxylic acids is 3. The van der Waals surface area contributed by atoms with E-state index in [9.17, 15) is 22.8 Å². The maximum absolute atomic E-state index is 12.1. The van der Waals surface area contributed by atoms with E-state index in [1.54, 1.807) is 12.1 Å². The van der Waals surface area contributed by atoms with E-state index in [4.69, 9.17) is 27.9 Å². The van der Waals surface area contributed by atoms with Crippen molar-refractivity contribution in [3.05, 3.63) is 58.1 Å². The number of methoxy groups -OCH3 is 1. The van der Waals surface area contributed by atoms with Gasteiger partial charge < -0.3 is 9.47 Å². The zero-order valence-corrected chi connectivity index (χ0v) is 17.8. The molecule has 2 rings (SSSR count). The van der Waals surface area contributed by atoms with Gasteiger partial charge in [-0.1, -0.05) is 23.2 Å². The van der Waals surface area contributed by atoms with E-state index in [1.165, 1.54) is 31.4 Å². The molecule has 0 fully saturated rings. The molecule has 9 nitrogen and oxygen atoms in total. The van der Waals surface area contributed by atoms with Crippen molar-refractivity contribution in [2.45, 2.75) is 4.90 Å². The van der Waals surface area contributed by atoms with Gasteiger partial charge in [0, 0.05) is 5.56 Å².